The molecule has 0 atom stereocenters. The van der Waals surface area contributed by atoms with E-state index in [2.05, 4.69) is 5.10 Å². The van der Waals surface area contributed by atoms with E-state index in [1.54, 1.807) is 12.1 Å². The van der Waals surface area contributed by atoms with E-state index in [1.807, 2.05) is 0 Å². The minimum absolute atomic E-state index is 0.0391. The molecule has 0 saturated heterocycles. The second kappa shape index (κ2) is 4.15. The first-order valence-electron chi connectivity index (χ1n) is 4.32. The van der Waals surface area contributed by atoms with Gasteiger partial charge in [0, 0.05) is 6.07 Å². The molecule has 1 aromatic heterocycles. The molecule has 1 heterocycles. The highest BCUT2D eigenvalue weighted by Crippen LogP contribution is 2.17. The van der Waals surface area contributed by atoms with Crippen LogP contribution in [0.1, 0.15) is 0 Å². The zero-order chi connectivity index (χ0) is 11.7. The van der Waals surface area contributed by atoms with Gasteiger partial charge in [0.2, 0.25) is 0 Å². The number of phenolic OH excluding ortho intramolecular Hbond substituents is 1. The summed E-state index contributed by atoms with van der Waals surface area (Å²) in [5.41, 5.74) is -0.108. The summed E-state index contributed by atoms with van der Waals surface area (Å²) >= 11 is 11.4. The molecule has 6 heteroatoms. The standard InChI is InChI=1S/C10H6Cl2N2O2/c11-8-5-13-14(10(16)9(8)12)6-2-1-3-7(15)4-6/h1-5,15H. The van der Waals surface area contributed by atoms with Crippen LogP contribution < -0.4 is 5.56 Å². The summed E-state index contributed by atoms with van der Waals surface area (Å²) in [5, 5.41) is 13.1. The van der Waals surface area contributed by atoms with Crippen molar-refractivity contribution in [1.29, 1.82) is 0 Å². The topological polar surface area (TPSA) is 55.1 Å². The monoisotopic (exact) mass is 256 g/mol. The molecule has 4 nitrogen and oxygen atoms in total. The fourth-order valence-electron chi connectivity index (χ4n) is 1.22. The maximum Gasteiger partial charge on any atom is 0.291 e. The number of hydrogen-bond acceptors (Lipinski definition) is 3. The quantitative estimate of drug-likeness (QED) is 0.852. The minimum Gasteiger partial charge on any atom is -0.508 e. The van der Waals surface area contributed by atoms with Crippen LogP contribution >= 0.6 is 23.2 Å². The molecule has 2 aromatic rings. The first-order chi connectivity index (χ1) is 7.59. The summed E-state index contributed by atoms with van der Waals surface area (Å²) in [6, 6.07) is 6.12. The molecule has 16 heavy (non-hydrogen) atoms. The van der Waals surface area contributed by atoms with Crippen LogP contribution in [0.3, 0.4) is 0 Å². The highest BCUT2D eigenvalue weighted by Gasteiger charge is 2.08. The van der Waals surface area contributed by atoms with Crippen LogP contribution in [0.5, 0.6) is 5.75 Å². The maximum absolute atomic E-state index is 11.7. The van der Waals surface area contributed by atoms with Crippen molar-refractivity contribution in [3.05, 3.63) is 50.9 Å². The summed E-state index contributed by atoms with van der Waals surface area (Å²) in [6.45, 7) is 0. The molecule has 0 aliphatic carbocycles. The molecule has 0 aliphatic heterocycles. The van der Waals surface area contributed by atoms with Gasteiger partial charge in [-0.25, -0.2) is 0 Å². The highest BCUT2D eigenvalue weighted by molar-refractivity contribution is 6.41. The van der Waals surface area contributed by atoms with Gasteiger partial charge in [-0.2, -0.15) is 9.78 Å². The van der Waals surface area contributed by atoms with Crippen molar-refractivity contribution in [3.63, 3.8) is 0 Å². The Morgan fingerprint density at radius 1 is 1.31 bits per heavy atom. The average Bonchev–Trinajstić information content (AvgIpc) is 2.26. The molecule has 0 unspecified atom stereocenters. The van der Waals surface area contributed by atoms with Crippen LogP contribution in [0.15, 0.2) is 35.3 Å². The lowest BCUT2D eigenvalue weighted by Crippen LogP contribution is -2.21. The van der Waals surface area contributed by atoms with Crippen molar-refractivity contribution in [2.75, 3.05) is 0 Å². The van der Waals surface area contributed by atoms with Crippen LogP contribution in [0, 0.1) is 0 Å². The van der Waals surface area contributed by atoms with Crippen molar-refractivity contribution in [1.82, 2.24) is 9.78 Å². The number of benzene rings is 1. The van der Waals surface area contributed by atoms with E-state index in [0.717, 1.165) is 4.68 Å². The lowest BCUT2D eigenvalue weighted by Gasteiger charge is -2.05. The Balaban J connectivity index is 2.66. The second-order valence-corrected chi connectivity index (χ2v) is 3.83. The van der Waals surface area contributed by atoms with Crippen LogP contribution in [-0.2, 0) is 0 Å². The van der Waals surface area contributed by atoms with E-state index >= 15 is 0 Å². The lowest BCUT2D eigenvalue weighted by molar-refractivity contribution is 0.474. The molecule has 0 aliphatic rings. The fraction of sp³-hybridized carbons (Fsp3) is 0. The molecule has 1 aromatic carbocycles. The summed E-state index contributed by atoms with van der Waals surface area (Å²) in [6.07, 6.45) is 1.27. The van der Waals surface area contributed by atoms with Gasteiger partial charge in [0.05, 0.1) is 16.9 Å². The number of hydrogen-bond donors (Lipinski definition) is 1. The van der Waals surface area contributed by atoms with E-state index < -0.39 is 5.56 Å². The van der Waals surface area contributed by atoms with Gasteiger partial charge in [0.15, 0.2) is 0 Å². The van der Waals surface area contributed by atoms with Crippen molar-refractivity contribution in [2.24, 2.45) is 0 Å². The normalized spacial score (nSPS) is 10.4. The van der Waals surface area contributed by atoms with Crippen LogP contribution in [0.25, 0.3) is 5.69 Å². The van der Waals surface area contributed by atoms with Gasteiger partial charge >= 0.3 is 0 Å². The van der Waals surface area contributed by atoms with Gasteiger partial charge < -0.3 is 5.11 Å². The Bertz CT molecular complexity index is 596. The third-order valence-corrected chi connectivity index (χ3v) is 2.70. The first-order valence-corrected chi connectivity index (χ1v) is 5.08. The average molecular weight is 257 g/mol. The smallest absolute Gasteiger partial charge is 0.291 e. The zero-order valence-electron chi connectivity index (χ0n) is 7.89. The SMILES string of the molecule is O=c1c(Cl)c(Cl)cnn1-c1cccc(O)c1. The van der Waals surface area contributed by atoms with Crippen molar-refractivity contribution in [2.45, 2.75) is 0 Å². The molecule has 0 radical (unpaired) electrons. The van der Waals surface area contributed by atoms with E-state index in [0.29, 0.717) is 5.69 Å². The molecule has 82 valence electrons. The number of nitrogens with zero attached hydrogens (tertiary/aromatic N) is 2. The Morgan fingerprint density at radius 2 is 2.06 bits per heavy atom. The Labute approximate surface area is 101 Å². The second-order valence-electron chi connectivity index (χ2n) is 3.04. The summed E-state index contributed by atoms with van der Waals surface area (Å²) in [4.78, 5) is 11.7. The Morgan fingerprint density at radius 3 is 2.75 bits per heavy atom. The van der Waals surface area contributed by atoms with Gasteiger partial charge in [-0.3, -0.25) is 4.79 Å². The largest absolute Gasteiger partial charge is 0.508 e. The van der Waals surface area contributed by atoms with Gasteiger partial charge in [0.25, 0.3) is 5.56 Å². The molecule has 0 saturated carbocycles. The maximum atomic E-state index is 11.7. The Kier molecular flexibility index (Phi) is 2.85. The fourth-order valence-corrected chi connectivity index (χ4v) is 1.47. The van der Waals surface area contributed by atoms with E-state index in [4.69, 9.17) is 23.2 Å². The highest BCUT2D eigenvalue weighted by atomic mass is 35.5. The third kappa shape index (κ3) is 1.89. The van der Waals surface area contributed by atoms with Crippen molar-refractivity contribution >= 4 is 23.2 Å². The van der Waals surface area contributed by atoms with Crippen molar-refractivity contribution in [3.8, 4) is 11.4 Å². The number of phenols is 1. The van der Waals surface area contributed by atoms with Gasteiger partial charge in [0.1, 0.15) is 10.8 Å². The summed E-state index contributed by atoms with van der Waals surface area (Å²) in [7, 11) is 0. The molecule has 0 fully saturated rings. The summed E-state index contributed by atoms with van der Waals surface area (Å²) in [5.74, 6) is 0.0391. The third-order valence-electron chi connectivity index (χ3n) is 1.95. The molecule has 0 bridgehead atoms. The Hall–Kier alpha value is -1.52. The predicted octanol–water partition coefficient (Wildman–Crippen LogP) is 2.24. The lowest BCUT2D eigenvalue weighted by atomic mass is 10.3. The van der Waals surface area contributed by atoms with Gasteiger partial charge in [-0.1, -0.05) is 29.3 Å². The minimum atomic E-state index is -0.528. The van der Waals surface area contributed by atoms with Gasteiger partial charge in [-0.15, -0.1) is 0 Å². The number of rotatable bonds is 1. The predicted molar refractivity (Wildman–Crippen MR) is 61.5 cm³/mol. The first kappa shape index (κ1) is 11.0. The molecule has 2 rings (SSSR count). The molecule has 0 amide bonds. The molecule has 1 N–H and O–H groups in total. The van der Waals surface area contributed by atoms with E-state index in [9.17, 15) is 9.90 Å². The van der Waals surface area contributed by atoms with Gasteiger partial charge in [-0.05, 0) is 12.1 Å². The number of aromatic nitrogens is 2. The summed E-state index contributed by atoms with van der Waals surface area (Å²) < 4.78 is 1.06. The van der Waals surface area contributed by atoms with Crippen LogP contribution in [0.2, 0.25) is 10.0 Å². The zero-order valence-corrected chi connectivity index (χ0v) is 9.40. The van der Waals surface area contributed by atoms with Crippen LogP contribution in [0.4, 0.5) is 0 Å². The molecular weight excluding hydrogens is 251 g/mol. The van der Waals surface area contributed by atoms with E-state index in [-0.39, 0.29) is 15.8 Å². The molecule has 0 spiro atoms. The number of halogens is 2. The number of aromatic hydroxyl groups is 1. The van der Waals surface area contributed by atoms with E-state index in [1.165, 1.54) is 18.3 Å². The van der Waals surface area contributed by atoms with Crippen molar-refractivity contribution < 1.29 is 5.11 Å². The molecular formula is C10H6Cl2N2O2. The van der Waals surface area contributed by atoms with Crippen LogP contribution in [-0.4, -0.2) is 14.9 Å².